The molecule has 1 aromatic heterocycles. The third kappa shape index (κ3) is 4.03. The third-order valence-corrected chi connectivity index (χ3v) is 4.81. The minimum Gasteiger partial charge on any atom is -0.353 e. The van der Waals surface area contributed by atoms with Crippen LogP contribution >= 0.6 is 27.5 Å². The molecule has 0 atom stereocenters. The molecule has 1 fully saturated rings. The number of carbonyl (C=O) groups is 1. The number of nitrogens with zero attached hydrogens (tertiary/aromatic N) is 3. The molecule has 3 rings (SSSR count). The minimum absolute atomic E-state index is 0.126. The number of benzene rings is 1. The van der Waals surface area contributed by atoms with E-state index in [9.17, 15) is 4.79 Å². The highest BCUT2D eigenvalue weighted by Crippen LogP contribution is 2.19. The lowest BCUT2D eigenvalue weighted by atomic mass is 10.1. The van der Waals surface area contributed by atoms with E-state index in [1.807, 2.05) is 41.3 Å². The second-order valence-electron chi connectivity index (χ2n) is 5.47. The van der Waals surface area contributed by atoms with E-state index in [0.717, 1.165) is 28.9 Å². The van der Waals surface area contributed by atoms with Gasteiger partial charge in [-0.05, 0) is 39.7 Å². The number of piperazine rings is 1. The number of halogens is 2. The highest BCUT2D eigenvalue weighted by Gasteiger charge is 2.22. The normalized spacial score (nSPS) is 14.9. The van der Waals surface area contributed by atoms with Crippen molar-refractivity contribution in [1.29, 1.82) is 0 Å². The molecule has 0 unspecified atom stereocenters. The second kappa shape index (κ2) is 7.32. The van der Waals surface area contributed by atoms with E-state index in [0.29, 0.717) is 24.5 Å². The zero-order chi connectivity index (χ0) is 16.2. The molecule has 1 saturated heterocycles. The van der Waals surface area contributed by atoms with E-state index < -0.39 is 0 Å². The van der Waals surface area contributed by atoms with Crippen LogP contribution in [0.4, 0.5) is 5.82 Å². The summed E-state index contributed by atoms with van der Waals surface area (Å²) in [5.41, 5.74) is 0.885. The van der Waals surface area contributed by atoms with Gasteiger partial charge >= 0.3 is 0 Å². The smallest absolute Gasteiger partial charge is 0.227 e. The number of amides is 1. The number of aromatic nitrogens is 1. The minimum atomic E-state index is 0.126. The molecule has 0 aliphatic carbocycles. The molecule has 0 N–H and O–H groups in total. The first-order chi connectivity index (χ1) is 11.1. The van der Waals surface area contributed by atoms with Crippen LogP contribution in [0.5, 0.6) is 0 Å². The van der Waals surface area contributed by atoms with E-state index in [1.54, 1.807) is 6.20 Å². The van der Waals surface area contributed by atoms with Crippen molar-refractivity contribution in [3.63, 3.8) is 0 Å². The number of carbonyl (C=O) groups excluding carboxylic acids is 1. The second-order valence-corrected chi connectivity index (χ2v) is 6.79. The van der Waals surface area contributed by atoms with Gasteiger partial charge in [0, 0.05) is 41.9 Å². The zero-order valence-electron chi connectivity index (χ0n) is 12.6. The Labute approximate surface area is 149 Å². The summed E-state index contributed by atoms with van der Waals surface area (Å²) >= 11 is 9.52. The van der Waals surface area contributed by atoms with Gasteiger partial charge in [0.15, 0.2) is 0 Å². The molecule has 1 amide bonds. The van der Waals surface area contributed by atoms with Gasteiger partial charge in [-0.15, -0.1) is 0 Å². The van der Waals surface area contributed by atoms with E-state index in [1.165, 1.54) is 0 Å². The predicted molar refractivity (Wildman–Crippen MR) is 95.9 cm³/mol. The lowest BCUT2D eigenvalue weighted by Gasteiger charge is -2.35. The van der Waals surface area contributed by atoms with Gasteiger partial charge in [0.2, 0.25) is 5.91 Å². The standard InChI is InChI=1S/C17H17BrClN3O/c18-14-5-6-16(20-12-14)21-7-9-22(10-8-21)17(23)11-13-3-1-2-4-15(13)19/h1-6,12H,7-11H2. The Kier molecular flexibility index (Phi) is 5.18. The number of rotatable bonds is 3. The van der Waals surface area contributed by atoms with Crippen LogP contribution in [-0.2, 0) is 11.2 Å². The fourth-order valence-corrected chi connectivity index (χ4v) is 3.09. The lowest BCUT2D eigenvalue weighted by molar-refractivity contribution is -0.130. The van der Waals surface area contributed by atoms with E-state index in [4.69, 9.17) is 11.6 Å². The van der Waals surface area contributed by atoms with Gasteiger partial charge in [0.05, 0.1) is 6.42 Å². The first-order valence-electron chi connectivity index (χ1n) is 7.51. The van der Waals surface area contributed by atoms with Crippen molar-refractivity contribution in [2.24, 2.45) is 0 Å². The molecule has 120 valence electrons. The van der Waals surface area contributed by atoms with Crippen LogP contribution in [0, 0.1) is 0 Å². The molecule has 0 saturated carbocycles. The van der Waals surface area contributed by atoms with Crippen LogP contribution in [0.1, 0.15) is 5.56 Å². The molecule has 0 radical (unpaired) electrons. The fraction of sp³-hybridized carbons (Fsp3) is 0.294. The Balaban J connectivity index is 1.57. The van der Waals surface area contributed by atoms with Crippen LogP contribution in [0.25, 0.3) is 0 Å². The highest BCUT2D eigenvalue weighted by molar-refractivity contribution is 9.10. The Morgan fingerprint density at radius 2 is 1.87 bits per heavy atom. The maximum absolute atomic E-state index is 12.4. The van der Waals surface area contributed by atoms with Gasteiger partial charge in [0.1, 0.15) is 5.82 Å². The monoisotopic (exact) mass is 393 g/mol. The fourth-order valence-electron chi connectivity index (χ4n) is 2.66. The summed E-state index contributed by atoms with van der Waals surface area (Å²) in [6, 6.07) is 11.5. The first-order valence-corrected chi connectivity index (χ1v) is 8.68. The highest BCUT2D eigenvalue weighted by atomic mass is 79.9. The zero-order valence-corrected chi connectivity index (χ0v) is 14.9. The summed E-state index contributed by atoms with van der Waals surface area (Å²) in [4.78, 5) is 20.9. The van der Waals surface area contributed by atoms with Gasteiger partial charge in [-0.3, -0.25) is 4.79 Å². The Hall–Kier alpha value is -1.59. The average molecular weight is 395 g/mol. The molecular formula is C17H17BrClN3O. The maximum atomic E-state index is 12.4. The van der Waals surface area contributed by atoms with Gasteiger partial charge < -0.3 is 9.80 Å². The molecule has 6 heteroatoms. The summed E-state index contributed by atoms with van der Waals surface area (Å²) < 4.78 is 0.967. The maximum Gasteiger partial charge on any atom is 0.227 e. The van der Waals surface area contributed by atoms with Crippen molar-refractivity contribution in [3.8, 4) is 0 Å². The molecule has 23 heavy (non-hydrogen) atoms. The molecule has 2 heterocycles. The Morgan fingerprint density at radius 3 is 2.52 bits per heavy atom. The van der Waals surface area contributed by atoms with Crippen molar-refractivity contribution >= 4 is 39.3 Å². The topological polar surface area (TPSA) is 36.4 Å². The molecule has 1 aliphatic rings. The molecule has 2 aromatic rings. The van der Waals surface area contributed by atoms with Crippen LogP contribution in [0.3, 0.4) is 0 Å². The van der Waals surface area contributed by atoms with Crippen molar-refractivity contribution in [2.45, 2.75) is 6.42 Å². The molecule has 0 bridgehead atoms. The van der Waals surface area contributed by atoms with Crippen molar-refractivity contribution in [3.05, 3.63) is 57.7 Å². The van der Waals surface area contributed by atoms with Crippen LogP contribution in [0.2, 0.25) is 5.02 Å². The summed E-state index contributed by atoms with van der Waals surface area (Å²) in [6.45, 7) is 3.01. The molecule has 1 aromatic carbocycles. The average Bonchev–Trinajstić information content (AvgIpc) is 2.58. The van der Waals surface area contributed by atoms with Crippen LogP contribution in [0.15, 0.2) is 47.1 Å². The molecule has 0 spiro atoms. The van der Waals surface area contributed by atoms with Gasteiger partial charge in [-0.1, -0.05) is 29.8 Å². The summed E-state index contributed by atoms with van der Waals surface area (Å²) in [5.74, 6) is 1.08. The lowest BCUT2D eigenvalue weighted by Crippen LogP contribution is -2.49. The quantitative estimate of drug-likeness (QED) is 0.801. The van der Waals surface area contributed by atoms with Gasteiger partial charge in [-0.25, -0.2) is 4.98 Å². The predicted octanol–water partition coefficient (Wildman–Crippen LogP) is 3.39. The summed E-state index contributed by atoms with van der Waals surface area (Å²) in [7, 11) is 0. The molecule has 1 aliphatic heterocycles. The summed E-state index contributed by atoms with van der Waals surface area (Å²) in [6.07, 6.45) is 2.15. The van der Waals surface area contributed by atoms with Crippen LogP contribution < -0.4 is 4.90 Å². The van der Waals surface area contributed by atoms with Crippen molar-refractivity contribution in [1.82, 2.24) is 9.88 Å². The molecule has 4 nitrogen and oxygen atoms in total. The SMILES string of the molecule is O=C(Cc1ccccc1Cl)N1CCN(c2ccc(Br)cn2)CC1. The number of hydrogen-bond donors (Lipinski definition) is 0. The van der Waals surface area contributed by atoms with E-state index >= 15 is 0 Å². The first kappa shape index (κ1) is 16.3. The Bertz CT molecular complexity index is 684. The van der Waals surface area contributed by atoms with Crippen LogP contribution in [-0.4, -0.2) is 42.0 Å². The number of anilines is 1. The Morgan fingerprint density at radius 1 is 1.13 bits per heavy atom. The van der Waals surface area contributed by atoms with Gasteiger partial charge in [0.25, 0.3) is 0 Å². The third-order valence-electron chi connectivity index (χ3n) is 3.97. The van der Waals surface area contributed by atoms with Crippen molar-refractivity contribution in [2.75, 3.05) is 31.1 Å². The van der Waals surface area contributed by atoms with Gasteiger partial charge in [-0.2, -0.15) is 0 Å². The van der Waals surface area contributed by atoms with E-state index in [-0.39, 0.29) is 5.91 Å². The van der Waals surface area contributed by atoms with Crippen molar-refractivity contribution < 1.29 is 4.79 Å². The van der Waals surface area contributed by atoms with E-state index in [2.05, 4.69) is 25.8 Å². The molecular weight excluding hydrogens is 378 g/mol. The number of pyridine rings is 1. The number of hydrogen-bond acceptors (Lipinski definition) is 3. The summed E-state index contributed by atoms with van der Waals surface area (Å²) in [5, 5.41) is 0.651. The largest absolute Gasteiger partial charge is 0.353 e.